The zero-order valence-corrected chi connectivity index (χ0v) is 15.3. The Hall–Kier alpha value is -1.58. The monoisotopic (exact) mass is 384 g/mol. The van der Waals surface area contributed by atoms with Crippen molar-refractivity contribution < 1.29 is 23.1 Å². The molecule has 25 heavy (non-hydrogen) atoms. The Morgan fingerprint density at radius 1 is 1.16 bits per heavy atom. The van der Waals surface area contributed by atoms with Crippen LogP contribution < -0.4 is 4.90 Å². The van der Waals surface area contributed by atoms with E-state index in [0.717, 1.165) is 35.5 Å². The van der Waals surface area contributed by atoms with Crippen LogP contribution in [0.5, 0.6) is 0 Å². The average Bonchev–Trinajstić information content (AvgIpc) is 2.86. The summed E-state index contributed by atoms with van der Waals surface area (Å²) < 4.78 is 27.4. The first kappa shape index (κ1) is 18.2. The normalized spacial score (nSPS) is 19.4. The van der Waals surface area contributed by atoms with Crippen molar-refractivity contribution in [2.24, 2.45) is 0 Å². The molecule has 1 aromatic rings. The van der Waals surface area contributed by atoms with Crippen molar-refractivity contribution in [2.75, 3.05) is 30.3 Å². The number of carboxylic acid groups (broad SMARTS) is 1. The molecule has 0 aliphatic carbocycles. The van der Waals surface area contributed by atoms with Crippen molar-refractivity contribution in [1.29, 1.82) is 0 Å². The fourth-order valence-corrected chi connectivity index (χ4v) is 5.54. The molecule has 0 radical (unpaired) electrons. The van der Waals surface area contributed by atoms with Crippen molar-refractivity contribution in [3.8, 4) is 0 Å². The highest BCUT2D eigenvalue weighted by Crippen LogP contribution is 2.37. The van der Waals surface area contributed by atoms with E-state index in [-0.39, 0.29) is 16.6 Å². The largest absolute Gasteiger partial charge is 0.480 e. The van der Waals surface area contributed by atoms with Gasteiger partial charge in [-0.05, 0) is 31.0 Å². The number of hydrogen-bond acceptors (Lipinski definition) is 5. The molecule has 2 heterocycles. The summed E-state index contributed by atoms with van der Waals surface area (Å²) >= 11 is 1.29. The lowest BCUT2D eigenvalue weighted by atomic mass is 10.2. The molecule has 136 valence electrons. The summed E-state index contributed by atoms with van der Waals surface area (Å²) in [5.41, 5.74) is 0.361. The molecule has 9 heteroatoms. The lowest BCUT2D eigenvalue weighted by Crippen LogP contribution is -2.39. The van der Waals surface area contributed by atoms with Crippen LogP contribution in [0.25, 0.3) is 0 Å². The van der Waals surface area contributed by atoms with E-state index in [1.807, 2.05) is 0 Å². The van der Waals surface area contributed by atoms with Gasteiger partial charge in [0, 0.05) is 18.0 Å². The number of rotatable bonds is 4. The highest BCUT2D eigenvalue weighted by molar-refractivity contribution is 8.00. The van der Waals surface area contributed by atoms with E-state index >= 15 is 0 Å². The minimum Gasteiger partial charge on any atom is -0.480 e. The Bertz CT molecular complexity index is 786. The third-order valence-electron chi connectivity index (χ3n) is 4.37. The molecule has 0 aromatic heterocycles. The molecular formula is C16H20N2O5S2. The molecule has 3 rings (SSSR count). The standard InChI is InChI=1S/C16H20N2O5S2/c19-15-11-24-14-6-5-12(9-13(14)18(15)10-16(20)21)25(22,23)17-7-3-1-2-4-8-17/h5-6,9H,1-4,7-8,10-11H2,(H,20,21). The quantitative estimate of drug-likeness (QED) is 0.850. The molecule has 1 fully saturated rings. The van der Waals surface area contributed by atoms with Crippen LogP contribution in [0.15, 0.2) is 28.0 Å². The maximum atomic E-state index is 12.9. The zero-order chi connectivity index (χ0) is 18.0. The van der Waals surface area contributed by atoms with Crippen LogP contribution in [0.3, 0.4) is 0 Å². The summed E-state index contributed by atoms with van der Waals surface area (Å²) in [5.74, 6) is -1.31. The molecule has 7 nitrogen and oxygen atoms in total. The number of sulfonamides is 1. The molecule has 1 amide bonds. The predicted octanol–water partition coefficient (Wildman–Crippen LogP) is 1.77. The minimum atomic E-state index is -3.65. The number of anilines is 1. The number of fused-ring (bicyclic) bond motifs is 1. The SMILES string of the molecule is O=C(O)CN1C(=O)CSc2ccc(S(=O)(=O)N3CCCCCC3)cc21. The van der Waals surface area contributed by atoms with Crippen LogP contribution in [0.4, 0.5) is 5.69 Å². The van der Waals surface area contributed by atoms with E-state index in [2.05, 4.69) is 0 Å². The van der Waals surface area contributed by atoms with E-state index in [1.54, 1.807) is 12.1 Å². The Kier molecular flexibility index (Phi) is 5.35. The second-order valence-corrected chi connectivity index (χ2v) is 9.07. The zero-order valence-electron chi connectivity index (χ0n) is 13.7. The minimum absolute atomic E-state index is 0.110. The molecule has 0 spiro atoms. The van der Waals surface area contributed by atoms with Gasteiger partial charge < -0.3 is 5.11 Å². The van der Waals surface area contributed by atoms with Crippen molar-refractivity contribution >= 4 is 39.3 Å². The number of hydrogen-bond donors (Lipinski definition) is 1. The van der Waals surface area contributed by atoms with Crippen molar-refractivity contribution in [1.82, 2.24) is 4.31 Å². The third kappa shape index (κ3) is 3.83. The Labute approximate surface area is 151 Å². The highest BCUT2D eigenvalue weighted by atomic mass is 32.2. The van der Waals surface area contributed by atoms with E-state index in [1.165, 1.54) is 22.1 Å². The van der Waals surface area contributed by atoms with E-state index in [0.29, 0.717) is 18.8 Å². The van der Waals surface area contributed by atoms with Crippen LogP contribution in [0, 0.1) is 0 Å². The highest BCUT2D eigenvalue weighted by Gasteiger charge is 2.30. The third-order valence-corrected chi connectivity index (χ3v) is 7.31. The first-order chi connectivity index (χ1) is 11.9. The smallest absolute Gasteiger partial charge is 0.323 e. The second-order valence-electron chi connectivity index (χ2n) is 6.11. The molecule has 1 saturated heterocycles. The summed E-state index contributed by atoms with van der Waals surface area (Å²) in [4.78, 5) is 25.1. The van der Waals surface area contributed by atoms with Gasteiger partial charge in [-0.2, -0.15) is 4.31 Å². The van der Waals surface area contributed by atoms with E-state index in [9.17, 15) is 18.0 Å². The number of carbonyl (C=O) groups excluding carboxylic acids is 1. The van der Waals surface area contributed by atoms with Gasteiger partial charge in [0.25, 0.3) is 0 Å². The van der Waals surface area contributed by atoms with Gasteiger partial charge in [-0.25, -0.2) is 8.42 Å². The van der Waals surface area contributed by atoms with Crippen molar-refractivity contribution in [3.05, 3.63) is 18.2 Å². The maximum Gasteiger partial charge on any atom is 0.323 e. The molecule has 0 saturated carbocycles. The molecule has 0 bridgehead atoms. The van der Waals surface area contributed by atoms with Gasteiger partial charge in [-0.1, -0.05) is 12.8 Å². The van der Waals surface area contributed by atoms with Gasteiger partial charge in [0.1, 0.15) is 6.54 Å². The van der Waals surface area contributed by atoms with Gasteiger partial charge in [0.2, 0.25) is 15.9 Å². The first-order valence-corrected chi connectivity index (χ1v) is 10.6. The molecule has 1 aromatic carbocycles. The summed E-state index contributed by atoms with van der Waals surface area (Å²) in [6.07, 6.45) is 3.72. The second kappa shape index (κ2) is 7.35. The summed E-state index contributed by atoms with van der Waals surface area (Å²) in [6, 6.07) is 4.63. The summed E-state index contributed by atoms with van der Waals surface area (Å²) in [5, 5.41) is 9.05. The van der Waals surface area contributed by atoms with Gasteiger partial charge in [-0.3, -0.25) is 14.5 Å². The van der Waals surface area contributed by atoms with Crippen LogP contribution in [-0.2, 0) is 19.6 Å². The van der Waals surface area contributed by atoms with Gasteiger partial charge in [0.05, 0.1) is 16.3 Å². The van der Waals surface area contributed by atoms with Crippen LogP contribution in [-0.4, -0.2) is 55.1 Å². The van der Waals surface area contributed by atoms with Gasteiger partial charge in [0.15, 0.2) is 0 Å². The molecule has 0 atom stereocenters. The Balaban J connectivity index is 1.97. The van der Waals surface area contributed by atoms with E-state index in [4.69, 9.17) is 5.11 Å². The van der Waals surface area contributed by atoms with Gasteiger partial charge in [-0.15, -0.1) is 11.8 Å². The number of carbonyl (C=O) groups is 2. The lowest BCUT2D eigenvalue weighted by Gasteiger charge is -2.28. The number of thioether (sulfide) groups is 1. The molecule has 0 unspecified atom stereocenters. The number of benzene rings is 1. The van der Waals surface area contributed by atoms with Crippen LogP contribution in [0.2, 0.25) is 0 Å². The number of carboxylic acids is 1. The molecule has 2 aliphatic heterocycles. The fraction of sp³-hybridized carbons (Fsp3) is 0.500. The number of nitrogens with zero attached hydrogens (tertiary/aromatic N) is 2. The van der Waals surface area contributed by atoms with Crippen LogP contribution >= 0.6 is 11.8 Å². The van der Waals surface area contributed by atoms with Gasteiger partial charge >= 0.3 is 5.97 Å². The molecule has 1 N–H and O–H groups in total. The van der Waals surface area contributed by atoms with Crippen molar-refractivity contribution in [2.45, 2.75) is 35.5 Å². The summed E-state index contributed by atoms with van der Waals surface area (Å²) in [6.45, 7) is 0.511. The topological polar surface area (TPSA) is 95.0 Å². The van der Waals surface area contributed by atoms with Crippen molar-refractivity contribution in [3.63, 3.8) is 0 Å². The average molecular weight is 384 g/mol. The number of amides is 1. The maximum absolute atomic E-state index is 12.9. The predicted molar refractivity (Wildman–Crippen MR) is 94.4 cm³/mol. The number of aliphatic carboxylic acids is 1. The fourth-order valence-electron chi connectivity index (χ4n) is 3.08. The summed E-state index contributed by atoms with van der Waals surface area (Å²) in [7, 11) is -3.65. The molecular weight excluding hydrogens is 364 g/mol. The lowest BCUT2D eigenvalue weighted by molar-refractivity contribution is -0.136. The Morgan fingerprint density at radius 3 is 2.48 bits per heavy atom. The first-order valence-electron chi connectivity index (χ1n) is 8.19. The van der Waals surface area contributed by atoms with Crippen LogP contribution in [0.1, 0.15) is 25.7 Å². The Morgan fingerprint density at radius 2 is 1.84 bits per heavy atom. The van der Waals surface area contributed by atoms with E-state index < -0.39 is 22.5 Å². The molecule has 2 aliphatic rings.